The zero-order valence-corrected chi connectivity index (χ0v) is 16.3. The van der Waals surface area contributed by atoms with Crippen molar-refractivity contribution in [2.24, 2.45) is 4.99 Å². The number of para-hydroxylation sites is 1. The molecule has 0 amide bonds. The van der Waals surface area contributed by atoms with Crippen molar-refractivity contribution in [2.45, 2.75) is 38.3 Å². The number of aliphatic imine (C=N–C) groups is 1. The zero-order chi connectivity index (χ0) is 19.1. The monoisotopic (exact) mass is 371 g/mol. The molecule has 2 heterocycles. The van der Waals surface area contributed by atoms with Crippen LogP contribution in [0.4, 0.5) is 0 Å². The van der Waals surface area contributed by atoms with E-state index in [2.05, 4.69) is 16.7 Å². The van der Waals surface area contributed by atoms with Crippen molar-refractivity contribution in [1.29, 1.82) is 0 Å². The molecule has 1 aromatic carbocycles. The Morgan fingerprint density at radius 2 is 2.11 bits per heavy atom. The van der Waals surface area contributed by atoms with Gasteiger partial charge in [-0.3, -0.25) is 4.99 Å². The first-order valence-corrected chi connectivity index (χ1v) is 9.41. The van der Waals surface area contributed by atoms with Crippen molar-refractivity contribution in [3.63, 3.8) is 0 Å². The maximum absolute atomic E-state index is 5.76. The van der Waals surface area contributed by atoms with Gasteiger partial charge in [-0.25, -0.2) is 0 Å². The Bertz CT molecular complexity index is 741. The lowest BCUT2D eigenvalue weighted by molar-refractivity contribution is 0.0310. The van der Waals surface area contributed by atoms with Crippen molar-refractivity contribution in [3.05, 3.63) is 54.0 Å². The molecule has 0 spiro atoms. The fraction of sp³-hybridized carbons (Fsp3) is 0.476. The van der Waals surface area contributed by atoms with E-state index in [4.69, 9.17) is 18.9 Å². The molecule has 0 bridgehead atoms. The van der Waals surface area contributed by atoms with E-state index in [9.17, 15) is 0 Å². The van der Waals surface area contributed by atoms with Crippen molar-refractivity contribution in [2.75, 3.05) is 26.8 Å². The summed E-state index contributed by atoms with van der Waals surface area (Å²) in [5.74, 6) is 2.66. The Labute approximate surface area is 161 Å². The highest BCUT2D eigenvalue weighted by molar-refractivity contribution is 5.80. The molecule has 1 aliphatic rings. The Morgan fingerprint density at radius 3 is 2.89 bits per heavy atom. The van der Waals surface area contributed by atoms with Crippen LogP contribution in [-0.4, -0.2) is 38.4 Å². The van der Waals surface area contributed by atoms with E-state index in [0.29, 0.717) is 13.2 Å². The van der Waals surface area contributed by atoms with Crippen molar-refractivity contribution in [1.82, 2.24) is 10.6 Å². The van der Waals surface area contributed by atoms with Gasteiger partial charge in [-0.15, -0.1) is 0 Å². The van der Waals surface area contributed by atoms with E-state index in [1.54, 1.807) is 13.4 Å². The Hall–Kier alpha value is -2.47. The van der Waals surface area contributed by atoms with Gasteiger partial charge in [0, 0.05) is 32.1 Å². The first kappa shape index (κ1) is 19.3. The van der Waals surface area contributed by atoms with Crippen LogP contribution >= 0.6 is 0 Å². The molecule has 1 atom stereocenters. The predicted octanol–water partition coefficient (Wildman–Crippen LogP) is 3.31. The van der Waals surface area contributed by atoms with Crippen molar-refractivity contribution in [3.8, 4) is 5.75 Å². The summed E-state index contributed by atoms with van der Waals surface area (Å²) in [5, 5.41) is 6.98. The standard InChI is InChI=1S/C21H29N3O3/c1-21(2,25-3)15-23-20(22-12-10-16-7-6-13-26-16)24-18-11-14-27-19-9-5-4-8-17(18)19/h4-9,13,18H,10-12,14-15H2,1-3H3,(H2,22,23,24). The Kier molecular flexibility index (Phi) is 6.40. The van der Waals surface area contributed by atoms with Crippen molar-refractivity contribution >= 4 is 5.96 Å². The summed E-state index contributed by atoms with van der Waals surface area (Å²) < 4.78 is 16.7. The number of rotatable bonds is 7. The first-order valence-electron chi connectivity index (χ1n) is 9.41. The van der Waals surface area contributed by atoms with Gasteiger partial charge >= 0.3 is 0 Å². The highest BCUT2D eigenvalue weighted by Crippen LogP contribution is 2.31. The molecule has 0 saturated carbocycles. The molecule has 6 heteroatoms. The lowest BCUT2D eigenvalue weighted by Gasteiger charge is -2.28. The molecule has 6 nitrogen and oxygen atoms in total. The van der Waals surface area contributed by atoms with Crippen LogP contribution in [0.5, 0.6) is 5.75 Å². The Balaban J connectivity index is 1.68. The van der Waals surface area contributed by atoms with Gasteiger partial charge in [0.2, 0.25) is 0 Å². The lowest BCUT2D eigenvalue weighted by Crippen LogP contribution is -2.43. The van der Waals surface area contributed by atoms with Crippen LogP contribution in [0, 0.1) is 0 Å². The molecule has 0 fully saturated rings. The van der Waals surface area contributed by atoms with Gasteiger partial charge in [0.1, 0.15) is 11.5 Å². The highest BCUT2D eigenvalue weighted by Gasteiger charge is 2.22. The minimum absolute atomic E-state index is 0.162. The third kappa shape index (κ3) is 5.50. The number of ether oxygens (including phenoxy) is 2. The summed E-state index contributed by atoms with van der Waals surface area (Å²) in [7, 11) is 1.71. The smallest absolute Gasteiger partial charge is 0.191 e. The number of fused-ring (bicyclic) bond motifs is 1. The number of nitrogens with zero attached hydrogens (tertiary/aromatic N) is 1. The van der Waals surface area contributed by atoms with Crippen LogP contribution in [0.15, 0.2) is 52.1 Å². The molecule has 3 rings (SSSR count). The summed E-state index contributed by atoms with van der Waals surface area (Å²) in [6.45, 7) is 6.04. The molecular weight excluding hydrogens is 342 g/mol. The van der Waals surface area contributed by atoms with E-state index in [0.717, 1.165) is 42.4 Å². The predicted molar refractivity (Wildman–Crippen MR) is 106 cm³/mol. The summed E-state index contributed by atoms with van der Waals surface area (Å²) in [5.41, 5.74) is 0.846. The van der Waals surface area contributed by atoms with Crippen LogP contribution in [0.2, 0.25) is 0 Å². The number of guanidine groups is 1. The van der Waals surface area contributed by atoms with Gasteiger partial charge < -0.3 is 24.5 Å². The second-order valence-electron chi connectivity index (χ2n) is 7.26. The number of nitrogens with one attached hydrogen (secondary N) is 2. The number of hydrogen-bond acceptors (Lipinski definition) is 4. The van der Waals surface area contributed by atoms with Gasteiger partial charge in [0.15, 0.2) is 5.96 Å². The second-order valence-corrected chi connectivity index (χ2v) is 7.26. The number of methoxy groups -OCH3 is 1. The lowest BCUT2D eigenvalue weighted by atomic mass is 10.0. The quantitative estimate of drug-likeness (QED) is 0.577. The highest BCUT2D eigenvalue weighted by atomic mass is 16.5. The number of benzene rings is 1. The van der Waals surface area contributed by atoms with Crippen LogP contribution in [-0.2, 0) is 11.2 Å². The van der Waals surface area contributed by atoms with E-state index in [1.165, 1.54) is 0 Å². The topological polar surface area (TPSA) is 68.0 Å². The van der Waals surface area contributed by atoms with Gasteiger partial charge in [0.05, 0.1) is 31.1 Å². The molecule has 27 heavy (non-hydrogen) atoms. The normalized spacial score (nSPS) is 17.1. The largest absolute Gasteiger partial charge is 0.493 e. The molecule has 2 N–H and O–H groups in total. The molecule has 146 valence electrons. The zero-order valence-electron chi connectivity index (χ0n) is 16.3. The van der Waals surface area contributed by atoms with E-state index < -0.39 is 0 Å². The van der Waals surface area contributed by atoms with E-state index in [1.807, 2.05) is 44.2 Å². The summed E-state index contributed by atoms with van der Waals surface area (Å²) in [4.78, 5) is 4.75. The molecule has 1 aromatic heterocycles. The average molecular weight is 371 g/mol. The number of furan rings is 1. The summed E-state index contributed by atoms with van der Waals surface area (Å²) in [6.07, 6.45) is 3.39. The molecule has 0 saturated heterocycles. The molecule has 2 aromatic rings. The van der Waals surface area contributed by atoms with Crippen molar-refractivity contribution < 1.29 is 13.9 Å². The van der Waals surface area contributed by atoms with E-state index in [-0.39, 0.29) is 11.6 Å². The van der Waals surface area contributed by atoms with Crippen LogP contribution in [0.3, 0.4) is 0 Å². The Morgan fingerprint density at radius 1 is 1.26 bits per heavy atom. The maximum atomic E-state index is 5.76. The molecule has 0 radical (unpaired) electrons. The summed E-state index contributed by atoms with van der Waals surface area (Å²) >= 11 is 0. The molecule has 0 aliphatic carbocycles. The van der Waals surface area contributed by atoms with E-state index >= 15 is 0 Å². The second kappa shape index (κ2) is 8.95. The minimum atomic E-state index is -0.316. The van der Waals surface area contributed by atoms with Gasteiger partial charge in [0.25, 0.3) is 0 Å². The summed E-state index contributed by atoms with van der Waals surface area (Å²) in [6, 6.07) is 12.2. The molecule has 1 aliphatic heterocycles. The SMILES string of the molecule is COC(C)(C)CN=C(NCCc1ccco1)NC1CCOc2ccccc21. The number of hydrogen-bond donors (Lipinski definition) is 2. The average Bonchev–Trinajstić information content (AvgIpc) is 3.20. The van der Waals surface area contributed by atoms with Crippen LogP contribution in [0.1, 0.15) is 37.6 Å². The maximum Gasteiger partial charge on any atom is 0.191 e. The van der Waals surface area contributed by atoms with Crippen LogP contribution in [0.25, 0.3) is 0 Å². The molecule has 1 unspecified atom stereocenters. The van der Waals surface area contributed by atoms with Gasteiger partial charge in [-0.05, 0) is 32.0 Å². The van der Waals surface area contributed by atoms with Crippen LogP contribution < -0.4 is 15.4 Å². The van der Waals surface area contributed by atoms with Gasteiger partial charge in [-0.2, -0.15) is 0 Å². The first-order chi connectivity index (χ1) is 13.1. The van der Waals surface area contributed by atoms with Gasteiger partial charge in [-0.1, -0.05) is 18.2 Å². The third-order valence-electron chi connectivity index (χ3n) is 4.68. The molecular formula is C21H29N3O3. The third-order valence-corrected chi connectivity index (χ3v) is 4.68. The minimum Gasteiger partial charge on any atom is -0.493 e. The fourth-order valence-corrected chi connectivity index (χ4v) is 2.90. The fourth-order valence-electron chi connectivity index (χ4n) is 2.90.